The van der Waals surface area contributed by atoms with Crippen LogP contribution in [0.2, 0.25) is 0 Å². The van der Waals surface area contributed by atoms with E-state index in [0.29, 0.717) is 17.8 Å². The maximum atomic E-state index is 13.8. The van der Waals surface area contributed by atoms with Crippen LogP contribution in [0.3, 0.4) is 0 Å². The molecule has 0 saturated carbocycles. The smallest absolute Gasteiger partial charge is 0.271 e. The molecule has 0 bridgehead atoms. The van der Waals surface area contributed by atoms with Crippen molar-refractivity contribution in [1.29, 1.82) is 0 Å². The van der Waals surface area contributed by atoms with Crippen molar-refractivity contribution in [2.45, 2.75) is 12.2 Å². The number of rotatable bonds is 3. The quantitative estimate of drug-likeness (QED) is 0.511. The highest BCUT2D eigenvalue weighted by Gasteiger charge is 2.32. The SMILES string of the molecule is Cn1nncc1C(NN)c1cc(C(F)(F)F)ccc1F. The fraction of sp³-hybridized carbons (Fsp3) is 0.273. The number of nitrogens with zero attached hydrogens (tertiary/aromatic N) is 3. The average Bonchev–Trinajstić information content (AvgIpc) is 2.78. The minimum atomic E-state index is -4.56. The Morgan fingerprint density at radius 1 is 1.35 bits per heavy atom. The molecular formula is C11H11F4N5. The molecule has 1 aromatic heterocycles. The zero-order valence-electron chi connectivity index (χ0n) is 10.3. The third-order valence-corrected chi connectivity index (χ3v) is 2.85. The van der Waals surface area contributed by atoms with Crippen LogP contribution < -0.4 is 11.3 Å². The molecule has 2 aromatic rings. The predicted octanol–water partition coefficient (Wildman–Crippen LogP) is 1.53. The molecule has 0 aliphatic carbocycles. The van der Waals surface area contributed by atoms with E-state index in [4.69, 9.17) is 5.84 Å². The summed E-state index contributed by atoms with van der Waals surface area (Å²) in [6.07, 6.45) is -3.27. The van der Waals surface area contributed by atoms with Crippen molar-refractivity contribution in [2.24, 2.45) is 12.9 Å². The first-order valence-corrected chi connectivity index (χ1v) is 5.52. The number of aryl methyl sites for hydroxylation is 1. The van der Waals surface area contributed by atoms with E-state index in [9.17, 15) is 17.6 Å². The highest BCUT2D eigenvalue weighted by atomic mass is 19.4. The Balaban J connectivity index is 2.52. The molecular weight excluding hydrogens is 278 g/mol. The number of hydrazine groups is 1. The Morgan fingerprint density at radius 3 is 2.55 bits per heavy atom. The maximum absolute atomic E-state index is 13.8. The number of aromatic nitrogens is 3. The first-order valence-electron chi connectivity index (χ1n) is 5.52. The van der Waals surface area contributed by atoms with Crippen molar-refractivity contribution in [1.82, 2.24) is 20.4 Å². The van der Waals surface area contributed by atoms with E-state index in [1.54, 1.807) is 0 Å². The molecule has 0 aliphatic rings. The minimum absolute atomic E-state index is 0.229. The lowest BCUT2D eigenvalue weighted by Crippen LogP contribution is -2.31. The lowest BCUT2D eigenvalue weighted by Gasteiger charge is -2.18. The number of hydrogen-bond donors (Lipinski definition) is 2. The van der Waals surface area contributed by atoms with Crippen molar-refractivity contribution in [3.63, 3.8) is 0 Å². The van der Waals surface area contributed by atoms with Gasteiger partial charge in [0.15, 0.2) is 0 Å². The summed E-state index contributed by atoms with van der Waals surface area (Å²) in [5.41, 5.74) is 1.43. The molecule has 1 atom stereocenters. The number of hydrogen-bond acceptors (Lipinski definition) is 4. The summed E-state index contributed by atoms with van der Waals surface area (Å²) in [4.78, 5) is 0. The molecule has 1 heterocycles. The third-order valence-electron chi connectivity index (χ3n) is 2.85. The summed E-state index contributed by atoms with van der Waals surface area (Å²) in [7, 11) is 1.53. The van der Waals surface area contributed by atoms with Crippen LogP contribution in [0.5, 0.6) is 0 Å². The molecule has 5 nitrogen and oxygen atoms in total. The largest absolute Gasteiger partial charge is 0.416 e. The van der Waals surface area contributed by atoms with Crippen LogP contribution in [-0.2, 0) is 13.2 Å². The highest BCUT2D eigenvalue weighted by Crippen LogP contribution is 2.33. The van der Waals surface area contributed by atoms with Gasteiger partial charge in [-0.2, -0.15) is 13.2 Å². The molecule has 0 radical (unpaired) electrons. The van der Waals surface area contributed by atoms with E-state index < -0.39 is 23.6 Å². The molecule has 20 heavy (non-hydrogen) atoms. The van der Waals surface area contributed by atoms with Gasteiger partial charge in [-0.15, -0.1) is 5.10 Å². The molecule has 0 spiro atoms. The summed E-state index contributed by atoms with van der Waals surface area (Å²) < 4.78 is 53.2. The summed E-state index contributed by atoms with van der Waals surface area (Å²) in [6, 6.07) is 1.16. The lowest BCUT2D eigenvalue weighted by molar-refractivity contribution is -0.137. The van der Waals surface area contributed by atoms with Gasteiger partial charge in [0, 0.05) is 12.6 Å². The fourth-order valence-corrected chi connectivity index (χ4v) is 1.83. The van der Waals surface area contributed by atoms with Crippen LogP contribution in [-0.4, -0.2) is 15.0 Å². The molecule has 2 rings (SSSR count). The summed E-state index contributed by atoms with van der Waals surface area (Å²) in [6.45, 7) is 0. The van der Waals surface area contributed by atoms with Gasteiger partial charge in [0.25, 0.3) is 0 Å². The molecule has 0 saturated heterocycles. The second kappa shape index (κ2) is 5.17. The van der Waals surface area contributed by atoms with Gasteiger partial charge < -0.3 is 0 Å². The molecule has 0 fully saturated rings. The molecule has 3 N–H and O–H groups in total. The Labute approximate surface area is 111 Å². The predicted molar refractivity (Wildman–Crippen MR) is 61.6 cm³/mol. The lowest BCUT2D eigenvalue weighted by atomic mass is 10.0. The van der Waals surface area contributed by atoms with Crippen LogP contribution in [0.25, 0.3) is 0 Å². The van der Waals surface area contributed by atoms with E-state index >= 15 is 0 Å². The minimum Gasteiger partial charge on any atom is -0.271 e. The van der Waals surface area contributed by atoms with Gasteiger partial charge in [0.1, 0.15) is 5.82 Å². The van der Waals surface area contributed by atoms with Gasteiger partial charge in [-0.05, 0) is 18.2 Å². The van der Waals surface area contributed by atoms with Crippen molar-refractivity contribution in [3.05, 3.63) is 47.0 Å². The maximum Gasteiger partial charge on any atom is 0.416 e. The monoisotopic (exact) mass is 289 g/mol. The van der Waals surface area contributed by atoms with E-state index in [0.717, 1.165) is 6.07 Å². The third kappa shape index (κ3) is 2.63. The van der Waals surface area contributed by atoms with Crippen molar-refractivity contribution < 1.29 is 17.6 Å². The summed E-state index contributed by atoms with van der Waals surface area (Å²) in [5.74, 6) is 4.52. The number of nitrogens with two attached hydrogens (primary N) is 1. The fourth-order valence-electron chi connectivity index (χ4n) is 1.83. The topological polar surface area (TPSA) is 68.8 Å². The summed E-state index contributed by atoms with van der Waals surface area (Å²) in [5, 5.41) is 7.23. The molecule has 0 aliphatic heterocycles. The zero-order valence-corrected chi connectivity index (χ0v) is 10.3. The molecule has 1 unspecified atom stereocenters. The van der Waals surface area contributed by atoms with Crippen molar-refractivity contribution in [3.8, 4) is 0 Å². The number of alkyl halides is 3. The van der Waals surface area contributed by atoms with Gasteiger partial charge in [-0.1, -0.05) is 5.21 Å². The van der Waals surface area contributed by atoms with Gasteiger partial charge in [0.2, 0.25) is 0 Å². The van der Waals surface area contributed by atoms with Gasteiger partial charge >= 0.3 is 6.18 Å². The Hall–Kier alpha value is -2.00. The van der Waals surface area contributed by atoms with E-state index in [-0.39, 0.29) is 5.56 Å². The average molecular weight is 289 g/mol. The van der Waals surface area contributed by atoms with Crippen molar-refractivity contribution in [2.75, 3.05) is 0 Å². The first kappa shape index (κ1) is 14.4. The standard InChI is InChI=1S/C11H11F4N5/c1-20-9(5-17-19-20)10(18-16)7-4-6(11(13,14)15)2-3-8(7)12/h2-5,10,18H,16H2,1H3. The second-order valence-electron chi connectivity index (χ2n) is 4.12. The number of nitrogens with one attached hydrogen (secondary N) is 1. The van der Waals surface area contributed by atoms with Crippen LogP contribution in [0, 0.1) is 5.82 Å². The Morgan fingerprint density at radius 2 is 2.05 bits per heavy atom. The second-order valence-corrected chi connectivity index (χ2v) is 4.12. The number of halogens is 4. The van der Waals surface area contributed by atoms with E-state index in [2.05, 4.69) is 15.7 Å². The Kier molecular flexibility index (Phi) is 3.73. The Bertz CT molecular complexity index is 607. The van der Waals surface area contributed by atoms with E-state index in [1.165, 1.54) is 17.9 Å². The van der Waals surface area contributed by atoms with Gasteiger partial charge in [0.05, 0.1) is 23.5 Å². The number of benzene rings is 1. The highest BCUT2D eigenvalue weighted by molar-refractivity contribution is 5.33. The normalized spacial score (nSPS) is 13.5. The van der Waals surface area contributed by atoms with Gasteiger partial charge in [-0.25, -0.2) is 9.82 Å². The van der Waals surface area contributed by atoms with Crippen LogP contribution in [0.4, 0.5) is 17.6 Å². The van der Waals surface area contributed by atoms with E-state index in [1.807, 2.05) is 0 Å². The molecule has 108 valence electrons. The van der Waals surface area contributed by atoms with Crippen LogP contribution in [0.1, 0.15) is 22.9 Å². The molecule has 0 amide bonds. The summed E-state index contributed by atoms with van der Waals surface area (Å²) >= 11 is 0. The molecule has 9 heteroatoms. The van der Waals surface area contributed by atoms with Gasteiger partial charge in [-0.3, -0.25) is 10.5 Å². The van der Waals surface area contributed by atoms with Crippen LogP contribution in [0.15, 0.2) is 24.4 Å². The van der Waals surface area contributed by atoms with Crippen LogP contribution >= 0.6 is 0 Å². The van der Waals surface area contributed by atoms with Crippen molar-refractivity contribution >= 4 is 0 Å². The zero-order chi connectivity index (χ0) is 14.9. The molecule has 1 aromatic carbocycles. The first-order chi connectivity index (χ1) is 9.34.